The molecule has 0 unspecified atom stereocenters. The van der Waals surface area contributed by atoms with E-state index in [4.69, 9.17) is 4.74 Å². The molecule has 0 saturated heterocycles. The molecule has 0 aliphatic carbocycles. The monoisotopic (exact) mass is 543 g/mol. The van der Waals surface area contributed by atoms with E-state index in [-0.39, 0.29) is 34.7 Å². The van der Waals surface area contributed by atoms with E-state index in [0.717, 1.165) is 17.2 Å². The molecule has 204 valence electrons. The van der Waals surface area contributed by atoms with E-state index in [2.05, 4.69) is 15.1 Å². The standard InChI is InChI=1S/C26H33N5O6S/c1-7-13-28-38(35,36)23-14-20(31(33)34)11-12-22(23)37-26-19(6)24(25(32)27-15-16(2)3)29-30(26)21-10-8-9-17(4)18(21)5/h8-12,14,16,28H,7,13,15H2,1-6H3,(H,27,32). The van der Waals surface area contributed by atoms with Gasteiger partial charge in [-0.05, 0) is 56.4 Å². The number of carbonyl (C=O) groups excluding carboxylic acids is 1. The van der Waals surface area contributed by atoms with Gasteiger partial charge in [0.15, 0.2) is 5.69 Å². The molecule has 0 spiro atoms. The third-order valence-corrected chi connectivity index (χ3v) is 7.42. The number of amides is 1. The predicted octanol–water partition coefficient (Wildman–Crippen LogP) is 4.57. The van der Waals surface area contributed by atoms with Gasteiger partial charge in [-0.1, -0.05) is 32.9 Å². The Morgan fingerprint density at radius 1 is 1.16 bits per heavy atom. The van der Waals surface area contributed by atoms with Crippen LogP contribution in [0.2, 0.25) is 0 Å². The Morgan fingerprint density at radius 3 is 2.50 bits per heavy atom. The lowest BCUT2D eigenvalue weighted by atomic mass is 10.1. The molecule has 2 N–H and O–H groups in total. The van der Waals surface area contributed by atoms with Crippen molar-refractivity contribution in [2.75, 3.05) is 13.1 Å². The molecule has 2 aromatic carbocycles. The molecule has 0 fully saturated rings. The molecule has 1 amide bonds. The van der Waals surface area contributed by atoms with Gasteiger partial charge in [0, 0.05) is 30.8 Å². The Balaban J connectivity index is 2.22. The molecule has 3 rings (SSSR count). The van der Waals surface area contributed by atoms with Gasteiger partial charge in [0.05, 0.1) is 10.6 Å². The molecular weight excluding hydrogens is 510 g/mol. The van der Waals surface area contributed by atoms with Crippen molar-refractivity contribution in [3.8, 4) is 17.3 Å². The minimum absolute atomic E-state index is 0.120. The fraction of sp³-hybridized carbons (Fsp3) is 0.385. The molecule has 1 aromatic heterocycles. The van der Waals surface area contributed by atoms with Crippen LogP contribution in [0.25, 0.3) is 5.69 Å². The Kier molecular flexibility index (Phi) is 8.89. The lowest BCUT2D eigenvalue weighted by Crippen LogP contribution is -2.28. The highest BCUT2D eigenvalue weighted by molar-refractivity contribution is 7.89. The largest absolute Gasteiger partial charge is 0.437 e. The summed E-state index contributed by atoms with van der Waals surface area (Å²) in [6, 6.07) is 8.94. The van der Waals surface area contributed by atoms with Crippen LogP contribution in [0.15, 0.2) is 41.3 Å². The first-order valence-corrected chi connectivity index (χ1v) is 13.8. The summed E-state index contributed by atoms with van der Waals surface area (Å²) in [6.45, 7) is 11.8. The number of nitrogens with zero attached hydrogens (tertiary/aromatic N) is 3. The van der Waals surface area contributed by atoms with Crippen LogP contribution in [-0.4, -0.2) is 42.1 Å². The van der Waals surface area contributed by atoms with E-state index >= 15 is 0 Å². The maximum Gasteiger partial charge on any atom is 0.272 e. The van der Waals surface area contributed by atoms with Crippen LogP contribution in [0.5, 0.6) is 11.6 Å². The van der Waals surface area contributed by atoms with E-state index in [1.807, 2.05) is 45.9 Å². The number of rotatable bonds is 11. The molecule has 1 heterocycles. The van der Waals surface area contributed by atoms with Crippen molar-refractivity contribution in [1.29, 1.82) is 0 Å². The number of nitro groups is 1. The minimum atomic E-state index is -4.15. The number of aromatic nitrogens is 2. The summed E-state index contributed by atoms with van der Waals surface area (Å²) in [5.74, 6) is -0.192. The van der Waals surface area contributed by atoms with Gasteiger partial charge in [0.25, 0.3) is 11.6 Å². The third-order valence-electron chi connectivity index (χ3n) is 5.93. The second-order valence-corrected chi connectivity index (χ2v) is 11.1. The molecule has 11 nitrogen and oxygen atoms in total. The molecule has 0 saturated carbocycles. The van der Waals surface area contributed by atoms with Gasteiger partial charge in [-0.2, -0.15) is 9.78 Å². The van der Waals surface area contributed by atoms with Gasteiger partial charge in [-0.15, -0.1) is 0 Å². The normalized spacial score (nSPS) is 11.6. The summed E-state index contributed by atoms with van der Waals surface area (Å²) in [5, 5.41) is 18.8. The molecule has 3 aromatic rings. The Labute approximate surface area is 222 Å². The smallest absolute Gasteiger partial charge is 0.272 e. The molecule has 12 heteroatoms. The highest BCUT2D eigenvalue weighted by Gasteiger charge is 2.28. The molecule has 0 radical (unpaired) electrons. The highest BCUT2D eigenvalue weighted by Crippen LogP contribution is 2.36. The molecule has 0 atom stereocenters. The number of carbonyl (C=O) groups is 1. The van der Waals surface area contributed by atoms with Gasteiger partial charge in [-0.25, -0.2) is 13.1 Å². The van der Waals surface area contributed by atoms with Gasteiger partial charge >= 0.3 is 0 Å². The average Bonchev–Trinajstić information content (AvgIpc) is 3.18. The number of benzene rings is 2. The van der Waals surface area contributed by atoms with Crippen LogP contribution in [0.3, 0.4) is 0 Å². The first kappa shape index (κ1) is 28.8. The second kappa shape index (κ2) is 11.7. The van der Waals surface area contributed by atoms with Gasteiger partial charge < -0.3 is 10.1 Å². The van der Waals surface area contributed by atoms with Crippen LogP contribution in [0, 0.1) is 36.8 Å². The second-order valence-electron chi connectivity index (χ2n) is 9.40. The summed E-state index contributed by atoms with van der Waals surface area (Å²) >= 11 is 0. The Morgan fingerprint density at radius 2 is 1.87 bits per heavy atom. The van der Waals surface area contributed by atoms with Crippen molar-refractivity contribution in [2.45, 2.75) is 52.9 Å². The van der Waals surface area contributed by atoms with Crippen molar-refractivity contribution < 1.29 is 22.9 Å². The molecule has 0 aliphatic heterocycles. The summed E-state index contributed by atoms with van der Waals surface area (Å²) in [4.78, 5) is 23.4. The molecule has 0 bridgehead atoms. The summed E-state index contributed by atoms with van der Waals surface area (Å²) in [7, 11) is -4.15. The van der Waals surface area contributed by atoms with Crippen molar-refractivity contribution in [3.63, 3.8) is 0 Å². The fourth-order valence-electron chi connectivity index (χ4n) is 3.65. The maximum atomic E-state index is 13.1. The topological polar surface area (TPSA) is 145 Å². The zero-order valence-corrected chi connectivity index (χ0v) is 23.2. The molecule has 0 aliphatic rings. The number of non-ortho nitro benzene ring substituents is 1. The Hall–Kier alpha value is -3.77. The molecule has 38 heavy (non-hydrogen) atoms. The van der Waals surface area contributed by atoms with Crippen LogP contribution < -0.4 is 14.8 Å². The quantitative estimate of drug-likeness (QED) is 0.266. The van der Waals surface area contributed by atoms with Crippen LogP contribution in [0.4, 0.5) is 5.69 Å². The van der Waals surface area contributed by atoms with E-state index in [0.29, 0.717) is 24.2 Å². The fourth-order valence-corrected chi connectivity index (χ4v) is 4.93. The number of hydrogen-bond donors (Lipinski definition) is 2. The number of hydrogen-bond acceptors (Lipinski definition) is 7. The number of sulfonamides is 1. The molecular formula is C26H33N5O6S. The number of nitro benzene ring substituents is 1. The number of nitrogens with one attached hydrogen (secondary N) is 2. The van der Waals surface area contributed by atoms with Crippen molar-refractivity contribution in [3.05, 3.63) is 68.9 Å². The van der Waals surface area contributed by atoms with E-state index in [9.17, 15) is 23.3 Å². The SMILES string of the molecule is CCCNS(=O)(=O)c1cc([N+](=O)[O-])ccc1Oc1c(C)c(C(=O)NCC(C)C)nn1-c1cccc(C)c1C. The van der Waals surface area contributed by atoms with Gasteiger partial charge in [-0.3, -0.25) is 14.9 Å². The zero-order chi connectivity index (χ0) is 28.2. The minimum Gasteiger partial charge on any atom is -0.437 e. The highest BCUT2D eigenvalue weighted by atomic mass is 32.2. The first-order valence-electron chi connectivity index (χ1n) is 12.3. The van der Waals surface area contributed by atoms with E-state index in [1.165, 1.54) is 16.8 Å². The van der Waals surface area contributed by atoms with Crippen LogP contribution in [-0.2, 0) is 10.0 Å². The van der Waals surface area contributed by atoms with Crippen molar-refractivity contribution in [2.24, 2.45) is 5.92 Å². The summed E-state index contributed by atoms with van der Waals surface area (Å²) in [5.41, 5.74) is 2.61. The van der Waals surface area contributed by atoms with E-state index < -0.39 is 26.5 Å². The first-order chi connectivity index (χ1) is 17.9. The summed E-state index contributed by atoms with van der Waals surface area (Å²) in [6.07, 6.45) is 0.526. The third kappa shape index (κ3) is 6.20. The predicted molar refractivity (Wildman–Crippen MR) is 144 cm³/mol. The number of aryl methyl sites for hydroxylation is 1. The van der Waals surface area contributed by atoms with Gasteiger partial charge in [0.2, 0.25) is 15.9 Å². The lowest BCUT2D eigenvalue weighted by molar-refractivity contribution is -0.385. The lowest BCUT2D eigenvalue weighted by Gasteiger charge is -2.15. The van der Waals surface area contributed by atoms with E-state index in [1.54, 1.807) is 13.8 Å². The average molecular weight is 544 g/mol. The van der Waals surface area contributed by atoms with Crippen molar-refractivity contribution in [1.82, 2.24) is 19.8 Å². The Bertz CT molecular complexity index is 1460. The van der Waals surface area contributed by atoms with Gasteiger partial charge in [0.1, 0.15) is 10.6 Å². The van der Waals surface area contributed by atoms with Crippen molar-refractivity contribution >= 4 is 21.6 Å². The summed E-state index contributed by atoms with van der Waals surface area (Å²) < 4.78 is 36.2. The zero-order valence-electron chi connectivity index (χ0n) is 22.4. The van der Waals surface area contributed by atoms with Crippen LogP contribution >= 0.6 is 0 Å². The number of ether oxygens (including phenoxy) is 1. The van der Waals surface area contributed by atoms with Crippen LogP contribution in [0.1, 0.15) is 54.4 Å². The maximum absolute atomic E-state index is 13.1.